The van der Waals surface area contributed by atoms with E-state index >= 15 is 0 Å². The molecule has 90 valence electrons. The average Bonchev–Trinajstić information content (AvgIpc) is 2.35. The van der Waals surface area contributed by atoms with E-state index in [1.807, 2.05) is 23.8 Å². The average molecular weight is 344 g/mol. The second-order valence-corrected chi connectivity index (χ2v) is 5.06. The first-order valence-corrected chi connectivity index (χ1v) is 6.37. The SMILES string of the molecule is COC(C)Cn1cc(I)c(=O)c2cnccc21. The molecule has 1 atom stereocenters. The quantitative estimate of drug-likeness (QED) is 0.801. The summed E-state index contributed by atoms with van der Waals surface area (Å²) >= 11 is 2.05. The molecular weight excluding hydrogens is 331 g/mol. The van der Waals surface area contributed by atoms with Crippen molar-refractivity contribution >= 4 is 33.5 Å². The Morgan fingerprint density at radius 3 is 3.06 bits per heavy atom. The van der Waals surface area contributed by atoms with Crippen LogP contribution in [0.3, 0.4) is 0 Å². The van der Waals surface area contributed by atoms with Gasteiger partial charge in [-0.25, -0.2) is 0 Å². The molecule has 2 aromatic rings. The van der Waals surface area contributed by atoms with Crippen molar-refractivity contribution < 1.29 is 4.74 Å². The Balaban J connectivity index is 2.63. The van der Waals surface area contributed by atoms with Gasteiger partial charge in [-0.3, -0.25) is 9.78 Å². The Kier molecular flexibility index (Phi) is 3.78. The van der Waals surface area contributed by atoms with E-state index in [-0.39, 0.29) is 11.5 Å². The summed E-state index contributed by atoms with van der Waals surface area (Å²) in [4.78, 5) is 16.0. The lowest BCUT2D eigenvalue weighted by Crippen LogP contribution is -2.19. The van der Waals surface area contributed by atoms with Crippen LogP contribution in [0.5, 0.6) is 0 Å². The van der Waals surface area contributed by atoms with Crippen molar-refractivity contribution in [1.29, 1.82) is 0 Å². The highest BCUT2D eigenvalue weighted by atomic mass is 127. The molecule has 0 aliphatic carbocycles. The maximum atomic E-state index is 11.9. The third kappa shape index (κ3) is 2.50. The van der Waals surface area contributed by atoms with Crippen molar-refractivity contribution in [2.75, 3.05) is 7.11 Å². The fourth-order valence-electron chi connectivity index (χ4n) is 1.71. The molecule has 0 N–H and O–H groups in total. The molecule has 0 aromatic carbocycles. The van der Waals surface area contributed by atoms with Gasteiger partial charge in [0.25, 0.3) is 0 Å². The predicted molar refractivity (Wildman–Crippen MR) is 75.2 cm³/mol. The fourth-order valence-corrected chi connectivity index (χ4v) is 2.34. The highest BCUT2D eigenvalue weighted by Gasteiger charge is 2.09. The standard InChI is InChI=1S/C12H13IN2O2/c1-8(17-2)6-15-7-10(13)12(16)9-5-14-4-3-11(9)15/h3-5,7-8H,6H2,1-2H3. The molecule has 0 amide bonds. The van der Waals surface area contributed by atoms with Gasteiger partial charge in [0.2, 0.25) is 5.43 Å². The second kappa shape index (κ2) is 5.14. The lowest BCUT2D eigenvalue weighted by atomic mass is 10.2. The first-order chi connectivity index (χ1) is 8.13. The third-order valence-electron chi connectivity index (χ3n) is 2.69. The van der Waals surface area contributed by atoms with Gasteiger partial charge in [-0.15, -0.1) is 0 Å². The Bertz CT molecular complexity index is 595. The van der Waals surface area contributed by atoms with Crippen molar-refractivity contribution in [2.24, 2.45) is 0 Å². The molecule has 5 heteroatoms. The molecule has 2 rings (SSSR count). The summed E-state index contributed by atoms with van der Waals surface area (Å²) in [5.41, 5.74) is 0.935. The Hall–Kier alpha value is -0.950. The van der Waals surface area contributed by atoms with Crippen LogP contribution in [-0.4, -0.2) is 22.8 Å². The minimum absolute atomic E-state index is 0.0371. The highest BCUT2D eigenvalue weighted by Crippen LogP contribution is 2.12. The lowest BCUT2D eigenvalue weighted by Gasteiger charge is -2.15. The Morgan fingerprint density at radius 2 is 2.35 bits per heavy atom. The van der Waals surface area contributed by atoms with Crippen molar-refractivity contribution in [1.82, 2.24) is 9.55 Å². The van der Waals surface area contributed by atoms with Gasteiger partial charge in [0.05, 0.1) is 20.6 Å². The third-order valence-corrected chi connectivity index (χ3v) is 3.46. The van der Waals surface area contributed by atoms with Crippen LogP contribution in [0.15, 0.2) is 29.5 Å². The summed E-state index contributed by atoms with van der Waals surface area (Å²) in [6.45, 7) is 2.71. The van der Waals surface area contributed by atoms with Crippen molar-refractivity contribution in [3.05, 3.63) is 38.5 Å². The molecule has 4 nitrogen and oxygen atoms in total. The molecule has 0 spiro atoms. The van der Waals surface area contributed by atoms with Crippen LogP contribution in [0.1, 0.15) is 6.92 Å². The van der Waals surface area contributed by atoms with Gasteiger partial charge in [0.15, 0.2) is 0 Å². The van der Waals surface area contributed by atoms with Crippen LogP contribution in [0, 0.1) is 3.57 Å². The number of pyridine rings is 2. The summed E-state index contributed by atoms with van der Waals surface area (Å²) in [6, 6.07) is 1.86. The van der Waals surface area contributed by atoms with E-state index in [1.165, 1.54) is 0 Å². The first kappa shape index (κ1) is 12.5. The number of rotatable bonds is 3. The smallest absolute Gasteiger partial charge is 0.204 e. The molecule has 0 bridgehead atoms. The number of aromatic nitrogens is 2. The maximum Gasteiger partial charge on any atom is 0.204 e. The summed E-state index contributed by atoms with van der Waals surface area (Å²) in [7, 11) is 1.68. The summed E-state index contributed by atoms with van der Waals surface area (Å²) in [5.74, 6) is 0. The Labute approximate surface area is 113 Å². The van der Waals surface area contributed by atoms with Gasteiger partial charge in [-0.1, -0.05) is 0 Å². The van der Waals surface area contributed by atoms with E-state index in [9.17, 15) is 4.79 Å². The number of ether oxygens (including phenoxy) is 1. The highest BCUT2D eigenvalue weighted by molar-refractivity contribution is 14.1. The minimum atomic E-state index is 0.0371. The van der Waals surface area contributed by atoms with Crippen LogP contribution in [-0.2, 0) is 11.3 Å². The normalized spacial score (nSPS) is 12.9. The monoisotopic (exact) mass is 344 g/mol. The van der Waals surface area contributed by atoms with E-state index < -0.39 is 0 Å². The summed E-state index contributed by atoms with van der Waals surface area (Å²) < 4.78 is 7.99. The minimum Gasteiger partial charge on any atom is -0.380 e. The molecule has 2 heterocycles. The number of hydrogen-bond donors (Lipinski definition) is 0. The number of fused-ring (bicyclic) bond motifs is 1. The van der Waals surface area contributed by atoms with Crippen LogP contribution in [0.4, 0.5) is 0 Å². The van der Waals surface area contributed by atoms with Crippen molar-refractivity contribution in [2.45, 2.75) is 19.6 Å². The number of methoxy groups -OCH3 is 1. The van der Waals surface area contributed by atoms with Crippen molar-refractivity contribution in [3.63, 3.8) is 0 Å². The molecule has 0 saturated heterocycles. The van der Waals surface area contributed by atoms with Gasteiger partial charge < -0.3 is 9.30 Å². The Morgan fingerprint density at radius 1 is 1.59 bits per heavy atom. The van der Waals surface area contributed by atoms with Crippen LogP contribution in [0.25, 0.3) is 10.9 Å². The number of nitrogens with zero attached hydrogens (tertiary/aromatic N) is 2. The van der Waals surface area contributed by atoms with Crippen LogP contribution >= 0.6 is 22.6 Å². The largest absolute Gasteiger partial charge is 0.380 e. The van der Waals surface area contributed by atoms with E-state index in [1.54, 1.807) is 19.5 Å². The molecule has 1 unspecified atom stereocenters. The van der Waals surface area contributed by atoms with Gasteiger partial charge in [-0.05, 0) is 35.6 Å². The molecule has 0 aliphatic heterocycles. The van der Waals surface area contributed by atoms with Crippen LogP contribution < -0.4 is 5.43 Å². The molecule has 0 radical (unpaired) electrons. The molecular formula is C12H13IN2O2. The zero-order valence-corrected chi connectivity index (χ0v) is 11.8. The van der Waals surface area contributed by atoms with E-state index in [0.29, 0.717) is 15.5 Å². The lowest BCUT2D eigenvalue weighted by molar-refractivity contribution is 0.104. The fraction of sp³-hybridized carbons (Fsp3) is 0.333. The number of halogens is 1. The van der Waals surface area contributed by atoms with Gasteiger partial charge in [0, 0.05) is 32.2 Å². The van der Waals surface area contributed by atoms with E-state index in [0.717, 1.165) is 5.52 Å². The maximum absolute atomic E-state index is 11.9. The topological polar surface area (TPSA) is 44.1 Å². The molecule has 0 fully saturated rings. The summed E-state index contributed by atoms with van der Waals surface area (Å²) in [6.07, 6.45) is 5.28. The van der Waals surface area contributed by atoms with E-state index in [4.69, 9.17) is 4.74 Å². The number of hydrogen-bond acceptors (Lipinski definition) is 3. The van der Waals surface area contributed by atoms with Gasteiger partial charge in [0.1, 0.15) is 0 Å². The molecule has 0 aliphatic rings. The van der Waals surface area contributed by atoms with Crippen molar-refractivity contribution in [3.8, 4) is 0 Å². The zero-order chi connectivity index (χ0) is 12.4. The van der Waals surface area contributed by atoms with Gasteiger partial charge >= 0.3 is 0 Å². The molecule has 2 aromatic heterocycles. The summed E-state index contributed by atoms with van der Waals surface area (Å²) in [5, 5.41) is 0.655. The zero-order valence-electron chi connectivity index (χ0n) is 9.68. The van der Waals surface area contributed by atoms with Crippen LogP contribution in [0.2, 0.25) is 0 Å². The van der Waals surface area contributed by atoms with E-state index in [2.05, 4.69) is 27.6 Å². The van der Waals surface area contributed by atoms with Gasteiger partial charge in [-0.2, -0.15) is 0 Å². The molecule has 17 heavy (non-hydrogen) atoms. The predicted octanol–water partition coefficient (Wildman–Crippen LogP) is 2.04. The molecule has 0 saturated carbocycles. The second-order valence-electron chi connectivity index (χ2n) is 3.90. The first-order valence-electron chi connectivity index (χ1n) is 5.29.